The van der Waals surface area contributed by atoms with Crippen LogP contribution in [0.25, 0.3) is 0 Å². The van der Waals surface area contributed by atoms with Gasteiger partial charge in [0.15, 0.2) is 0 Å². The van der Waals surface area contributed by atoms with Crippen LogP contribution in [0.15, 0.2) is 0 Å². The summed E-state index contributed by atoms with van der Waals surface area (Å²) in [5.41, 5.74) is 6.07. The zero-order chi connectivity index (χ0) is 11.7. The quantitative estimate of drug-likeness (QED) is 0.764. The van der Waals surface area contributed by atoms with E-state index in [0.717, 1.165) is 12.5 Å². The van der Waals surface area contributed by atoms with Crippen LogP contribution >= 0.6 is 0 Å². The van der Waals surface area contributed by atoms with E-state index < -0.39 is 0 Å². The van der Waals surface area contributed by atoms with E-state index in [4.69, 9.17) is 10.5 Å². The maximum Gasteiger partial charge on any atom is 0.248 e. The molecule has 1 aliphatic heterocycles. The van der Waals surface area contributed by atoms with Crippen molar-refractivity contribution in [1.29, 1.82) is 0 Å². The molecule has 1 heterocycles. The molecule has 2 N–H and O–H groups in total. The minimum absolute atomic E-state index is 0.0901. The van der Waals surface area contributed by atoms with E-state index in [2.05, 4.69) is 0 Å². The highest BCUT2D eigenvalue weighted by Gasteiger charge is 2.41. The second-order valence-electron chi connectivity index (χ2n) is 5.32. The van der Waals surface area contributed by atoms with Crippen LogP contribution in [0.5, 0.6) is 0 Å². The zero-order valence-electron chi connectivity index (χ0n) is 10.2. The van der Waals surface area contributed by atoms with Crippen molar-refractivity contribution in [1.82, 2.24) is 4.90 Å². The van der Waals surface area contributed by atoms with Crippen LogP contribution in [-0.2, 0) is 9.53 Å². The first kappa shape index (κ1) is 11.9. The van der Waals surface area contributed by atoms with Crippen molar-refractivity contribution in [3.05, 3.63) is 0 Å². The zero-order valence-corrected chi connectivity index (χ0v) is 10.2. The third-order valence-electron chi connectivity index (χ3n) is 3.53. The maximum atomic E-state index is 11.8. The summed E-state index contributed by atoms with van der Waals surface area (Å²) in [6, 6.07) is 0.176. The molecule has 2 aliphatic rings. The van der Waals surface area contributed by atoms with Gasteiger partial charge < -0.3 is 15.4 Å². The summed E-state index contributed by atoms with van der Waals surface area (Å²) in [7, 11) is 0. The first-order valence-electron chi connectivity index (χ1n) is 6.23. The van der Waals surface area contributed by atoms with Gasteiger partial charge in [0.25, 0.3) is 0 Å². The molecule has 0 unspecified atom stereocenters. The molecule has 4 heteroatoms. The van der Waals surface area contributed by atoms with E-state index in [0.29, 0.717) is 12.5 Å². The molecule has 16 heavy (non-hydrogen) atoms. The van der Waals surface area contributed by atoms with Crippen molar-refractivity contribution in [2.24, 2.45) is 17.6 Å². The molecule has 0 radical (unpaired) electrons. The Labute approximate surface area is 97.1 Å². The van der Waals surface area contributed by atoms with Gasteiger partial charge in [-0.15, -0.1) is 0 Å². The van der Waals surface area contributed by atoms with Crippen LogP contribution in [-0.4, -0.2) is 42.6 Å². The molecule has 1 saturated carbocycles. The highest BCUT2D eigenvalue weighted by molar-refractivity contribution is 5.77. The lowest BCUT2D eigenvalue weighted by Crippen LogP contribution is -2.35. The van der Waals surface area contributed by atoms with Crippen LogP contribution < -0.4 is 5.73 Å². The number of carbonyl (C=O) groups excluding carboxylic acids is 1. The van der Waals surface area contributed by atoms with Crippen molar-refractivity contribution in [2.45, 2.75) is 38.8 Å². The molecule has 0 spiro atoms. The van der Waals surface area contributed by atoms with Crippen LogP contribution in [0.4, 0.5) is 0 Å². The maximum absolute atomic E-state index is 11.8. The van der Waals surface area contributed by atoms with E-state index in [9.17, 15) is 4.79 Å². The highest BCUT2D eigenvalue weighted by Crippen LogP contribution is 2.40. The SMILES string of the molecule is CC(C)OCC(=O)N1C[C@H](C2CC2)[C@@H](N)C1. The number of ether oxygens (including phenoxy) is 1. The molecule has 92 valence electrons. The van der Waals surface area contributed by atoms with E-state index in [1.807, 2.05) is 18.7 Å². The van der Waals surface area contributed by atoms with E-state index in [1.165, 1.54) is 12.8 Å². The Morgan fingerprint density at radius 3 is 2.69 bits per heavy atom. The van der Waals surface area contributed by atoms with Crippen LogP contribution in [0, 0.1) is 11.8 Å². The van der Waals surface area contributed by atoms with Crippen LogP contribution in [0.3, 0.4) is 0 Å². The van der Waals surface area contributed by atoms with Gasteiger partial charge in [0.1, 0.15) is 6.61 Å². The standard InChI is InChI=1S/C12H22N2O2/c1-8(2)16-7-12(15)14-5-10(9-3-4-9)11(13)6-14/h8-11H,3-7,13H2,1-2H3/t10-,11+/m1/s1. The molecule has 0 aromatic rings. The summed E-state index contributed by atoms with van der Waals surface area (Å²) in [5.74, 6) is 1.40. The summed E-state index contributed by atoms with van der Waals surface area (Å²) in [6.45, 7) is 5.63. The molecule has 2 atom stereocenters. The molecule has 1 amide bonds. The van der Waals surface area contributed by atoms with Gasteiger partial charge >= 0.3 is 0 Å². The fourth-order valence-corrected chi connectivity index (χ4v) is 2.41. The predicted octanol–water partition coefficient (Wildman–Crippen LogP) is 0.607. The topological polar surface area (TPSA) is 55.6 Å². The summed E-state index contributed by atoms with van der Waals surface area (Å²) >= 11 is 0. The smallest absolute Gasteiger partial charge is 0.248 e. The summed E-state index contributed by atoms with van der Waals surface area (Å²) < 4.78 is 5.33. The Balaban J connectivity index is 1.80. The largest absolute Gasteiger partial charge is 0.369 e. The van der Waals surface area contributed by atoms with Gasteiger partial charge in [-0.2, -0.15) is 0 Å². The highest BCUT2D eigenvalue weighted by atomic mass is 16.5. The lowest BCUT2D eigenvalue weighted by molar-refractivity contribution is -0.136. The number of hydrogen-bond acceptors (Lipinski definition) is 3. The van der Waals surface area contributed by atoms with Gasteiger partial charge in [-0.25, -0.2) is 0 Å². The Bertz CT molecular complexity index is 264. The van der Waals surface area contributed by atoms with Crippen molar-refractivity contribution in [3.8, 4) is 0 Å². The summed E-state index contributed by atoms with van der Waals surface area (Å²) in [5, 5.41) is 0. The number of rotatable bonds is 4. The lowest BCUT2D eigenvalue weighted by Gasteiger charge is -2.17. The molecule has 1 aliphatic carbocycles. The average Bonchev–Trinajstić information content (AvgIpc) is 2.99. The fourth-order valence-electron chi connectivity index (χ4n) is 2.41. The van der Waals surface area contributed by atoms with Gasteiger partial charge in [-0.3, -0.25) is 4.79 Å². The fraction of sp³-hybridized carbons (Fsp3) is 0.917. The summed E-state index contributed by atoms with van der Waals surface area (Å²) in [6.07, 6.45) is 2.70. The van der Waals surface area contributed by atoms with E-state index in [1.54, 1.807) is 0 Å². The summed E-state index contributed by atoms with van der Waals surface area (Å²) in [4.78, 5) is 13.7. The Hall–Kier alpha value is -0.610. The van der Waals surface area contributed by atoms with Gasteiger partial charge in [0.2, 0.25) is 5.91 Å². The molecule has 4 nitrogen and oxygen atoms in total. The predicted molar refractivity (Wildman–Crippen MR) is 61.9 cm³/mol. The molecule has 0 aromatic carbocycles. The van der Waals surface area contributed by atoms with Crippen molar-refractivity contribution in [3.63, 3.8) is 0 Å². The third-order valence-corrected chi connectivity index (χ3v) is 3.53. The number of hydrogen-bond donors (Lipinski definition) is 1. The molecular formula is C12H22N2O2. The van der Waals surface area contributed by atoms with Crippen molar-refractivity contribution < 1.29 is 9.53 Å². The first-order valence-corrected chi connectivity index (χ1v) is 6.23. The minimum Gasteiger partial charge on any atom is -0.369 e. The van der Waals surface area contributed by atoms with Gasteiger partial charge in [0, 0.05) is 19.1 Å². The number of likely N-dealkylation sites (tertiary alicyclic amines) is 1. The normalized spacial score (nSPS) is 30.1. The number of amides is 1. The van der Waals surface area contributed by atoms with E-state index in [-0.39, 0.29) is 24.7 Å². The first-order chi connectivity index (χ1) is 7.58. The molecule has 2 fully saturated rings. The Morgan fingerprint density at radius 2 is 2.12 bits per heavy atom. The minimum atomic E-state index is 0.0901. The van der Waals surface area contributed by atoms with Crippen molar-refractivity contribution >= 4 is 5.91 Å². The lowest BCUT2D eigenvalue weighted by atomic mass is 9.99. The molecule has 2 rings (SSSR count). The van der Waals surface area contributed by atoms with Crippen LogP contribution in [0.1, 0.15) is 26.7 Å². The van der Waals surface area contributed by atoms with Gasteiger partial charge in [-0.1, -0.05) is 0 Å². The van der Waals surface area contributed by atoms with E-state index >= 15 is 0 Å². The van der Waals surface area contributed by atoms with Gasteiger partial charge in [-0.05, 0) is 38.5 Å². The monoisotopic (exact) mass is 226 g/mol. The third kappa shape index (κ3) is 2.74. The van der Waals surface area contributed by atoms with Gasteiger partial charge in [0.05, 0.1) is 6.10 Å². The Kier molecular flexibility index (Phi) is 3.50. The molecule has 1 saturated heterocycles. The Morgan fingerprint density at radius 1 is 1.44 bits per heavy atom. The average molecular weight is 226 g/mol. The number of carbonyl (C=O) groups is 1. The number of nitrogens with two attached hydrogens (primary N) is 1. The van der Waals surface area contributed by atoms with Crippen molar-refractivity contribution in [2.75, 3.05) is 19.7 Å². The number of nitrogens with zero attached hydrogens (tertiary/aromatic N) is 1. The molecular weight excluding hydrogens is 204 g/mol. The molecule has 0 bridgehead atoms. The van der Waals surface area contributed by atoms with Crippen LogP contribution in [0.2, 0.25) is 0 Å². The second-order valence-corrected chi connectivity index (χ2v) is 5.32. The molecule has 0 aromatic heterocycles. The second kappa shape index (κ2) is 4.72.